The smallest absolute Gasteiger partial charge is 0.256 e. The molecule has 1 fully saturated rings. The molecule has 1 aliphatic heterocycles. The van der Waals surface area contributed by atoms with Gasteiger partial charge >= 0.3 is 0 Å². The molecule has 0 aliphatic carbocycles. The van der Waals surface area contributed by atoms with E-state index in [9.17, 15) is 9.18 Å². The van der Waals surface area contributed by atoms with Crippen molar-refractivity contribution in [3.8, 4) is 0 Å². The molecule has 5 heteroatoms. The van der Waals surface area contributed by atoms with Gasteiger partial charge in [0.2, 0.25) is 0 Å². The van der Waals surface area contributed by atoms with Crippen LogP contribution < -0.4 is 5.32 Å². The number of nitrogens with one attached hydrogen (secondary N) is 1. The zero-order valence-corrected chi connectivity index (χ0v) is 10.5. The normalized spacial score (nSPS) is 18.9. The Morgan fingerprint density at radius 1 is 1.67 bits per heavy atom. The summed E-state index contributed by atoms with van der Waals surface area (Å²) < 4.78 is 13.5. The second-order valence-corrected chi connectivity index (χ2v) is 4.49. The lowest BCUT2D eigenvalue weighted by molar-refractivity contribution is 0.0746. The van der Waals surface area contributed by atoms with Crippen LogP contribution in [0.15, 0.2) is 18.5 Å². The Morgan fingerprint density at radius 3 is 3.11 bits per heavy atom. The van der Waals surface area contributed by atoms with Gasteiger partial charge in [-0.15, -0.1) is 0 Å². The first kappa shape index (κ1) is 13.0. The maximum absolute atomic E-state index is 13.5. The van der Waals surface area contributed by atoms with Gasteiger partial charge in [0.25, 0.3) is 5.91 Å². The third-order valence-electron chi connectivity index (χ3n) is 3.27. The first-order valence-electron chi connectivity index (χ1n) is 6.34. The minimum atomic E-state index is -0.555. The summed E-state index contributed by atoms with van der Waals surface area (Å²) in [7, 11) is 0. The molecule has 2 rings (SSSR count). The van der Waals surface area contributed by atoms with Gasteiger partial charge in [-0.2, -0.15) is 0 Å². The molecule has 1 atom stereocenters. The fourth-order valence-electron chi connectivity index (χ4n) is 2.25. The van der Waals surface area contributed by atoms with Gasteiger partial charge in [0.05, 0.1) is 11.8 Å². The van der Waals surface area contributed by atoms with E-state index in [-0.39, 0.29) is 11.5 Å². The van der Waals surface area contributed by atoms with Crippen molar-refractivity contribution >= 4 is 5.91 Å². The lowest BCUT2D eigenvalue weighted by Crippen LogP contribution is -2.41. The number of hydrogen-bond acceptors (Lipinski definition) is 3. The van der Waals surface area contributed by atoms with Crippen LogP contribution in [0.25, 0.3) is 0 Å². The van der Waals surface area contributed by atoms with Crippen molar-refractivity contribution in [1.82, 2.24) is 15.2 Å². The summed E-state index contributed by atoms with van der Waals surface area (Å²) in [5.41, 5.74) is 0.102. The quantitative estimate of drug-likeness (QED) is 0.880. The molecule has 18 heavy (non-hydrogen) atoms. The summed E-state index contributed by atoms with van der Waals surface area (Å²) in [4.78, 5) is 17.6. The number of rotatable bonds is 4. The van der Waals surface area contributed by atoms with Crippen molar-refractivity contribution in [2.24, 2.45) is 0 Å². The molecule has 2 heterocycles. The number of carbonyl (C=O) groups is 1. The Labute approximate surface area is 106 Å². The van der Waals surface area contributed by atoms with Crippen molar-refractivity contribution in [3.05, 3.63) is 29.8 Å². The van der Waals surface area contributed by atoms with Gasteiger partial charge in [-0.1, -0.05) is 0 Å². The van der Waals surface area contributed by atoms with Crippen LogP contribution in [0.2, 0.25) is 0 Å². The van der Waals surface area contributed by atoms with Gasteiger partial charge in [-0.05, 0) is 32.4 Å². The zero-order valence-electron chi connectivity index (χ0n) is 10.5. The molecule has 1 unspecified atom stereocenters. The van der Waals surface area contributed by atoms with Crippen LogP contribution in [0.3, 0.4) is 0 Å². The molecule has 98 valence electrons. The third-order valence-corrected chi connectivity index (χ3v) is 3.27. The Hall–Kier alpha value is -1.49. The highest BCUT2D eigenvalue weighted by molar-refractivity contribution is 5.94. The summed E-state index contributed by atoms with van der Waals surface area (Å²) in [6, 6.07) is 1.77. The molecular formula is C13H18FN3O. The topological polar surface area (TPSA) is 45.2 Å². The molecule has 1 aromatic heterocycles. The fraction of sp³-hybridized carbons (Fsp3) is 0.538. The standard InChI is InChI=1S/C13H18FN3O/c1-2-17(9-10-4-3-6-16-10)13(18)11-5-7-15-8-12(11)14/h5,7-8,10,16H,2-4,6,9H2,1H3. The van der Waals surface area contributed by atoms with E-state index in [1.54, 1.807) is 4.90 Å². The summed E-state index contributed by atoms with van der Waals surface area (Å²) >= 11 is 0. The lowest BCUT2D eigenvalue weighted by Gasteiger charge is -2.24. The van der Waals surface area contributed by atoms with Crippen LogP contribution >= 0.6 is 0 Å². The second-order valence-electron chi connectivity index (χ2n) is 4.49. The molecule has 1 amide bonds. The van der Waals surface area contributed by atoms with Gasteiger partial charge in [-0.25, -0.2) is 4.39 Å². The summed E-state index contributed by atoms with van der Waals surface area (Å²) in [6.07, 6.45) is 4.73. The van der Waals surface area contributed by atoms with Crippen molar-refractivity contribution in [2.45, 2.75) is 25.8 Å². The van der Waals surface area contributed by atoms with E-state index in [0.29, 0.717) is 19.1 Å². The molecule has 1 N–H and O–H groups in total. The largest absolute Gasteiger partial charge is 0.337 e. The predicted octanol–water partition coefficient (Wildman–Crippen LogP) is 1.43. The van der Waals surface area contributed by atoms with E-state index in [2.05, 4.69) is 10.3 Å². The third kappa shape index (κ3) is 2.85. The molecule has 1 aromatic rings. The minimum Gasteiger partial charge on any atom is -0.337 e. The maximum atomic E-state index is 13.5. The Morgan fingerprint density at radius 2 is 2.50 bits per heavy atom. The van der Waals surface area contributed by atoms with E-state index in [0.717, 1.165) is 25.6 Å². The van der Waals surface area contributed by atoms with Crippen molar-refractivity contribution in [3.63, 3.8) is 0 Å². The molecular weight excluding hydrogens is 233 g/mol. The highest BCUT2D eigenvalue weighted by Crippen LogP contribution is 2.12. The number of likely N-dealkylation sites (N-methyl/N-ethyl adjacent to an activating group) is 1. The molecule has 1 aliphatic rings. The Bertz CT molecular complexity index is 418. The maximum Gasteiger partial charge on any atom is 0.256 e. The first-order chi connectivity index (χ1) is 8.72. The number of nitrogens with zero attached hydrogens (tertiary/aromatic N) is 2. The molecule has 0 spiro atoms. The Balaban J connectivity index is 2.07. The summed E-state index contributed by atoms with van der Waals surface area (Å²) in [5, 5.41) is 3.34. The SMILES string of the molecule is CCN(CC1CCCN1)C(=O)c1ccncc1F. The van der Waals surface area contributed by atoms with E-state index >= 15 is 0 Å². The number of hydrogen-bond donors (Lipinski definition) is 1. The first-order valence-corrected chi connectivity index (χ1v) is 6.34. The van der Waals surface area contributed by atoms with Crippen molar-refractivity contribution < 1.29 is 9.18 Å². The average molecular weight is 251 g/mol. The monoisotopic (exact) mass is 251 g/mol. The predicted molar refractivity (Wildman–Crippen MR) is 66.8 cm³/mol. The molecule has 0 radical (unpaired) electrons. The van der Waals surface area contributed by atoms with Gasteiger partial charge in [-0.3, -0.25) is 9.78 Å². The highest BCUT2D eigenvalue weighted by atomic mass is 19.1. The van der Waals surface area contributed by atoms with Gasteiger partial charge < -0.3 is 10.2 Å². The van der Waals surface area contributed by atoms with Crippen LogP contribution in [0.4, 0.5) is 4.39 Å². The lowest BCUT2D eigenvalue weighted by atomic mass is 10.2. The number of amides is 1. The fourth-order valence-corrected chi connectivity index (χ4v) is 2.25. The van der Waals surface area contributed by atoms with Crippen molar-refractivity contribution in [2.75, 3.05) is 19.6 Å². The molecule has 0 bridgehead atoms. The number of aromatic nitrogens is 1. The average Bonchev–Trinajstić information content (AvgIpc) is 2.88. The van der Waals surface area contributed by atoms with Crippen LogP contribution in [-0.2, 0) is 0 Å². The van der Waals surface area contributed by atoms with Crippen LogP contribution in [0.1, 0.15) is 30.1 Å². The van der Waals surface area contributed by atoms with Gasteiger partial charge in [0, 0.05) is 25.3 Å². The molecule has 0 aromatic carbocycles. The second kappa shape index (κ2) is 5.91. The van der Waals surface area contributed by atoms with Crippen molar-refractivity contribution in [1.29, 1.82) is 0 Å². The minimum absolute atomic E-state index is 0.102. The summed E-state index contributed by atoms with van der Waals surface area (Å²) in [6.45, 7) is 4.13. The molecule has 1 saturated heterocycles. The van der Waals surface area contributed by atoms with Gasteiger partial charge in [0.1, 0.15) is 0 Å². The zero-order chi connectivity index (χ0) is 13.0. The van der Waals surface area contributed by atoms with Gasteiger partial charge in [0.15, 0.2) is 5.82 Å². The van der Waals surface area contributed by atoms with E-state index in [1.165, 1.54) is 12.3 Å². The molecule has 0 saturated carbocycles. The number of halogens is 1. The molecule has 4 nitrogen and oxygen atoms in total. The number of pyridine rings is 1. The van der Waals surface area contributed by atoms with Crippen LogP contribution in [-0.4, -0.2) is 41.5 Å². The van der Waals surface area contributed by atoms with Crippen LogP contribution in [0.5, 0.6) is 0 Å². The Kier molecular flexibility index (Phi) is 4.25. The van der Waals surface area contributed by atoms with Crippen LogP contribution in [0, 0.1) is 5.82 Å². The number of carbonyl (C=O) groups excluding carboxylic acids is 1. The van der Waals surface area contributed by atoms with E-state index < -0.39 is 5.82 Å². The highest BCUT2D eigenvalue weighted by Gasteiger charge is 2.22. The van der Waals surface area contributed by atoms with E-state index in [4.69, 9.17) is 0 Å². The summed E-state index contributed by atoms with van der Waals surface area (Å²) in [5.74, 6) is -0.813. The van der Waals surface area contributed by atoms with E-state index in [1.807, 2.05) is 6.92 Å².